The lowest BCUT2D eigenvalue weighted by Gasteiger charge is -2.23. The third kappa shape index (κ3) is 5.50. The van der Waals surface area contributed by atoms with Crippen LogP contribution in [0.3, 0.4) is 0 Å². The molecule has 0 radical (unpaired) electrons. The summed E-state index contributed by atoms with van der Waals surface area (Å²) >= 11 is 0. The van der Waals surface area contributed by atoms with E-state index in [1.807, 2.05) is 20.8 Å². The van der Waals surface area contributed by atoms with E-state index in [0.717, 1.165) is 5.56 Å². The van der Waals surface area contributed by atoms with Gasteiger partial charge in [-0.1, -0.05) is 31.5 Å². The Bertz CT molecular complexity index is 687. The summed E-state index contributed by atoms with van der Waals surface area (Å²) in [5.74, 6) is -0.347. The summed E-state index contributed by atoms with van der Waals surface area (Å²) in [6.07, 6.45) is -0.218. The number of hydrogen-bond donors (Lipinski definition) is 3. The molecule has 1 aliphatic rings. The Kier molecular flexibility index (Phi) is 6.56. The lowest BCUT2D eigenvalue weighted by atomic mass is 10.0. The largest absolute Gasteiger partial charge is 0.366 e. The first-order valence-electron chi connectivity index (χ1n) is 8.38. The smallest absolute Gasteiger partial charge is 0.241 e. The van der Waals surface area contributed by atoms with Crippen LogP contribution in [0.5, 0.6) is 0 Å². The van der Waals surface area contributed by atoms with Crippen molar-refractivity contribution in [3.8, 4) is 0 Å². The minimum absolute atomic E-state index is 0.112. The fourth-order valence-electron chi connectivity index (χ4n) is 2.65. The van der Waals surface area contributed by atoms with Gasteiger partial charge in [-0.2, -0.15) is 4.72 Å². The van der Waals surface area contributed by atoms with E-state index in [2.05, 4.69) is 10.0 Å². The number of sulfonamides is 1. The predicted octanol–water partition coefficient (Wildman–Crippen LogP) is 0.912. The van der Waals surface area contributed by atoms with Crippen LogP contribution in [-0.2, 0) is 19.6 Å². The zero-order valence-corrected chi connectivity index (χ0v) is 15.5. The van der Waals surface area contributed by atoms with Crippen molar-refractivity contribution in [1.29, 1.82) is 0 Å². The molecule has 0 bridgehead atoms. The summed E-state index contributed by atoms with van der Waals surface area (Å²) in [6, 6.07) is 4.99. The number of amides is 1. The highest BCUT2D eigenvalue weighted by Crippen LogP contribution is 2.15. The molecule has 7 nitrogen and oxygen atoms in total. The lowest BCUT2D eigenvalue weighted by Crippen LogP contribution is -2.51. The molecule has 8 heteroatoms. The molecule has 0 aliphatic carbocycles. The Balaban J connectivity index is 2.13. The van der Waals surface area contributed by atoms with E-state index in [1.54, 1.807) is 12.1 Å². The van der Waals surface area contributed by atoms with Gasteiger partial charge in [0.1, 0.15) is 6.04 Å². The number of aryl methyl sites for hydroxylation is 1. The van der Waals surface area contributed by atoms with Crippen molar-refractivity contribution in [1.82, 2.24) is 10.0 Å². The Labute approximate surface area is 148 Å². The number of nitrogens with one attached hydrogen (secondary N) is 2. The van der Waals surface area contributed by atoms with Crippen LogP contribution in [-0.4, -0.2) is 44.4 Å². The second-order valence-electron chi connectivity index (χ2n) is 6.78. The molecule has 1 amide bonds. The first kappa shape index (κ1) is 19.8. The summed E-state index contributed by atoms with van der Waals surface area (Å²) in [6.45, 7) is 6.05. The highest BCUT2D eigenvalue weighted by Gasteiger charge is 2.32. The van der Waals surface area contributed by atoms with Crippen LogP contribution in [0.15, 0.2) is 29.2 Å². The molecule has 1 heterocycles. The van der Waals surface area contributed by atoms with Gasteiger partial charge in [0.2, 0.25) is 15.9 Å². The van der Waals surface area contributed by atoms with Gasteiger partial charge in [0, 0.05) is 0 Å². The Morgan fingerprint density at radius 1 is 1.32 bits per heavy atom. The van der Waals surface area contributed by atoms with E-state index in [0.29, 0.717) is 19.4 Å². The van der Waals surface area contributed by atoms with E-state index in [4.69, 9.17) is 4.74 Å². The van der Waals surface area contributed by atoms with Gasteiger partial charge in [-0.3, -0.25) is 4.79 Å². The molecule has 3 unspecified atom stereocenters. The van der Waals surface area contributed by atoms with Crippen LogP contribution in [0.1, 0.15) is 32.3 Å². The first-order valence-corrected chi connectivity index (χ1v) is 9.86. The van der Waals surface area contributed by atoms with E-state index < -0.39 is 34.3 Å². The van der Waals surface area contributed by atoms with Gasteiger partial charge >= 0.3 is 0 Å². The Morgan fingerprint density at radius 3 is 2.48 bits per heavy atom. The fourth-order valence-corrected chi connectivity index (χ4v) is 3.86. The van der Waals surface area contributed by atoms with Gasteiger partial charge in [0.05, 0.1) is 17.5 Å². The maximum Gasteiger partial charge on any atom is 0.241 e. The first-order chi connectivity index (χ1) is 11.7. The van der Waals surface area contributed by atoms with Gasteiger partial charge in [-0.05, 0) is 37.8 Å². The van der Waals surface area contributed by atoms with Crippen molar-refractivity contribution in [3.05, 3.63) is 29.8 Å². The molecule has 2 rings (SSSR count). The minimum Gasteiger partial charge on any atom is -0.366 e. The van der Waals surface area contributed by atoms with Gasteiger partial charge in [0.25, 0.3) is 0 Å². The fraction of sp³-hybridized carbons (Fsp3) is 0.588. The predicted molar refractivity (Wildman–Crippen MR) is 93.3 cm³/mol. The zero-order valence-electron chi connectivity index (χ0n) is 14.7. The molecule has 140 valence electrons. The number of rotatable bonds is 7. The van der Waals surface area contributed by atoms with E-state index in [9.17, 15) is 18.3 Å². The highest BCUT2D eigenvalue weighted by atomic mass is 32.2. The summed E-state index contributed by atoms with van der Waals surface area (Å²) in [5, 5.41) is 12.3. The molecule has 0 saturated carbocycles. The van der Waals surface area contributed by atoms with Gasteiger partial charge in [-0.25, -0.2) is 8.42 Å². The molecular formula is C17H26N2O5S. The second kappa shape index (κ2) is 8.27. The molecule has 3 N–H and O–H groups in total. The maximum atomic E-state index is 12.6. The zero-order chi connectivity index (χ0) is 18.6. The molecule has 25 heavy (non-hydrogen) atoms. The standard InChI is InChI=1S/C17H26N2O5S/c1-11(2)10-15(16(20)18-14-8-9-24-17(14)21)19-25(22,23)13-6-4-12(3)5-7-13/h4-7,11,14-15,17,19,21H,8-10H2,1-3H3,(H,18,20). The van der Waals surface area contributed by atoms with Crippen molar-refractivity contribution in [2.45, 2.75) is 56.9 Å². The molecule has 1 saturated heterocycles. The molecular weight excluding hydrogens is 344 g/mol. The van der Waals surface area contributed by atoms with Crippen molar-refractivity contribution in [3.63, 3.8) is 0 Å². The third-order valence-electron chi connectivity index (χ3n) is 4.04. The molecule has 1 aliphatic heterocycles. The van der Waals surface area contributed by atoms with Crippen molar-refractivity contribution < 1.29 is 23.1 Å². The van der Waals surface area contributed by atoms with Crippen LogP contribution >= 0.6 is 0 Å². The summed E-state index contributed by atoms with van der Waals surface area (Å²) in [5.41, 5.74) is 0.950. The molecule has 1 aromatic carbocycles. The minimum atomic E-state index is -3.82. The van der Waals surface area contributed by atoms with Gasteiger partial charge < -0.3 is 15.2 Å². The monoisotopic (exact) mass is 370 g/mol. The Hall–Kier alpha value is -1.48. The lowest BCUT2D eigenvalue weighted by molar-refractivity contribution is -0.127. The number of benzene rings is 1. The second-order valence-corrected chi connectivity index (χ2v) is 8.50. The molecule has 1 aromatic rings. The van der Waals surface area contributed by atoms with Crippen LogP contribution in [0.2, 0.25) is 0 Å². The number of aliphatic hydroxyl groups is 1. The normalized spacial score (nSPS) is 22.1. The van der Waals surface area contributed by atoms with E-state index in [1.165, 1.54) is 12.1 Å². The van der Waals surface area contributed by atoms with E-state index in [-0.39, 0.29) is 10.8 Å². The number of aliphatic hydroxyl groups excluding tert-OH is 1. The highest BCUT2D eigenvalue weighted by molar-refractivity contribution is 7.89. The molecule has 3 atom stereocenters. The van der Waals surface area contributed by atoms with Gasteiger partial charge in [0.15, 0.2) is 6.29 Å². The average Bonchev–Trinajstić information content (AvgIpc) is 2.91. The summed E-state index contributed by atoms with van der Waals surface area (Å²) in [7, 11) is -3.82. The van der Waals surface area contributed by atoms with Crippen LogP contribution in [0, 0.1) is 12.8 Å². The SMILES string of the molecule is Cc1ccc(S(=O)(=O)NC(CC(C)C)C(=O)NC2CCOC2O)cc1. The number of ether oxygens (including phenoxy) is 1. The maximum absolute atomic E-state index is 12.6. The van der Waals surface area contributed by atoms with Gasteiger partial charge in [-0.15, -0.1) is 0 Å². The van der Waals surface area contributed by atoms with Crippen LogP contribution in [0.25, 0.3) is 0 Å². The van der Waals surface area contributed by atoms with Crippen molar-refractivity contribution in [2.24, 2.45) is 5.92 Å². The molecule has 0 spiro atoms. The quantitative estimate of drug-likeness (QED) is 0.662. The Morgan fingerprint density at radius 2 is 1.96 bits per heavy atom. The number of carbonyl (C=O) groups is 1. The van der Waals surface area contributed by atoms with Crippen LogP contribution in [0.4, 0.5) is 0 Å². The third-order valence-corrected chi connectivity index (χ3v) is 5.53. The summed E-state index contributed by atoms with van der Waals surface area (Å²) in [4.78, 5) is 12.7. The average molecular weight is 370 g/mol. The molecule has 0 aromatic heterocycles. The number of hydrogen-bond acceptors (Lipinski definition) is 5. The topological polar surface area (TPSA) is 105 Å². The van der Waals surface area contributed by atoms with Crippen molar-refractivity contribution >= 4 is 15.9 Å². The summed E-state index contributed by atoms with van der Waals surface area (Å²) < 4.78 is 32.6. The number of carbonyl (C=O) groups excluding carboxylic acids is 1. The van der Waals surface area contributed by atoms with Crippen molar-refractivity contribution in [2.75, 3.05) is 6.61 Å². The molecule has 1 fully saturated rings. The van der Waals surface area contributed by atoms with Crippen LogP contribution < -0.4 is 10.0 Å². The van der Waals surface area contributed by atoms with E-state index >= 15 is 0 Å².